The molecule has 1 aromatic heterocycles. The maximum Gasteiger partial charge on any atom is 0.375 e. The third kappa shape index (κ3) is 4.74. The van der Waals surface area contributed by atoms with Gasteiger partial charge in [-0.2, -0.15) is 0 Å². The SMILES string of the molecule is CCOC(=O)C(=O)CC(=O)c1cn(Cc2ccc(Cl)cc2Cl)c2ccc(OC)c(OC)c12. The van der Waals surface area contributed by atoms with Crippen LogP contribution in [0.15, 0.2) is 36.5 Å². The van der Waals surface area contributed by atoms with Crippen molar-refractivity contribution in [2.45, 2.75) is 19.9 Å². The van der Waals surface area contributed by atoms with Crippen LogP contribution in [0.2, 0.25) is 10.0 Å². The Morgan fingerprint density at radius 2 is 1.78 bits per heavy atom. The fourth-order valence-corrected chi connectivity index (χ4v) is 3.87. The minimum Gasteiger partial charge on any atom is -0.493 e. The van der Waals surface area contributed by atoms with E-state index in [1.807, 2.05) is 4.57 Å². The van der Waals surface area contributed by atoms with Crippen LogP contribution in [-0.4, -0.2) is 42.9 Å². The number of esters is 1. The monoisotopic (exact) mass is 477 g/mol. The summed E-state index contributed by atoms with van der Waals surface area (Å²) in [6, 6.07) is 8.66. The van der Waals surface area contributed by atoms with Gasteiger partial charge in [-0.05, 0) is 36.8 Å². The molecular formula is C23H21Cl2NO6. The summed E-state index contributed by atoms with van der Waals surface area (Å²) in [5.74, 6) is -1.73. The number of fused-ring (bicyclic) bond motifs is 1. The van der Waals surface area contributed by atoms with Gasteiger partial charge >= 0.3 is 5.97 Å². The molecule has 9 heteroatoms. The number of halogens is 2. The van der Waals surface area contributed by atoms with Crippen molar-refractivity contribution in [2.24, 2.45) is 0 Å². The Morgan fingerprint density at radius 3 is 2.41 bits per heavy atom. The molecule has 0 fully saturated rings. The third-order valence-electron chi connectivity index (χ3n) is 4.87. The van der Waals surface area contributed by atoms with E-state index >= 15 is 0 Å². The number of hydrogen-bond acceptors (Lipinski definition) is 6. The van der Waals surface area contributed by atoms with Crippen LogP contribution in [0.4, 0.5) is 0 Å². The highest BCUT2D eigenvalue weighted by molar-refractivity contribution is 6.38. The second kappa shape index (κ2) is 10.1. The number of hydrogen-bond donors (Lipinski definition) is 0. The molecule has 0 unspecified atom stereocenters. The molecule has 2 aromatic carbocycles. The van der Waals surface area contributed by atoms with Crippen molar-refractivity contribution in [2.75, 3.05) is 20.8 Å². The van der Waals surface area contributed by atoms with Gasteiger partial charge in [0.15, 0.2) is 17.3 Å². The number of ether oxygens (including phenoxy) is 3. The molecule has 168 valence electrons. The Kier molecular flexibility index (Phi) is 7.43. The van der Waals surface area contributed by atoms with E-state index in [1.165, 1.54) is 14.2 Å². The van der Waals surface area contributed by atoms with Crippen molar-refractivity contribution < 1.29 is 28.6 Å². The van der Waals surface area contributed by atoms with Gasteiger partial charge in [-0.3, -0.25) is 9.59 Å². The summed E-state index contributed by atoms with van der Waals surface area (Å²) in [4.78, 5) is 36.9. The highest BCUT2D eigenvalue weighted by Crippen LogP contribution is 2.39. The van der Waals surface area contributed by atoms with Gasteiger partial charge in [-0.1, -0.05) is 29.3 Å². The summed E-state index contributed by atoms with van der Waals surface area (Å²) < 4.78 is 17.4. The van der Waals surface area contributed by atoms with Crippen LogP contribution in [0.25, 0.3) is 10.9 Å². The van der Waals surface area contributed by atoms with Gasteiger partial charge in [0.1, 0.15) is 0 Å². The van der Waals surface area contributed by atoms with Gasteiger partial charge in [0.2, 0.25) is 5.78 Å². The number of rotatable bonds is 9. The van der Waals surface area contributed by atoms with Crippen LogP contribution in [0.3, 0.4) is 0 Å². The molecule has 0 spiro atoms. The molecule has 7 nitrogen and oxygen atoms in total. The van der Waals surface area contributed by atoms with Crippen molar-refractivity contribution in [3.63, 3.8) is 0 Å². The second-order valence-electron chi connectivity index (χ2n) is 6.85. The van der Waals surface area contributed by atoms with Crippen LogP contribution in [0, 0.1) is 0 Å². The molecule has 0 aliphatic carbocycles. The number of nitrogens with zero attached hydrogens (tertiary/aromatic N) is 1. The molecule has 0 N–H and O–H groups in total. The van der Waals surface area contributed by atoms with Crippen LogP contribution < -0.4 is 9.47 Å². The Morgan fingerprint density at radius 1 is 1.03 bits per heavy atom. The molecule has 0 aliphatic heterocycles. The first-order chi connectivity index (χ1) is 15.3. The van der Waals surface area contributed by atoms with Crippen LogP contribution in [0.5, 0.6) is 11.5 Å². The zero-order chi connectivity index (χ0) is 23.4. The largest absolute Gasteiger partial charge is 0.493 e. The summed E-state index contributed by atoms with van der Waals surface area (Å²) >= 11 is 12.3. The normalized spacial score (nSPS) is 10.8. The van der Waals surface area contributed by atoms with Gasteiger partial charge in [-0.25, -0.2) is 4.79 Å². The first-order valence-electron chi connectivity index (χ1n) is 9.71. The number of Topliss-reactive ketones (excluding diaryl/α,β-unsaturated/α-hetero) is 2. The highest BCUT2D eigenvalue weighted by atomic mass is 35.5. The second-order valence-corrected chi connectivity index (χ2v) is 7.69. The molecule has 3 aromatic rings. The molecule has 3 rings (SSSR count). The minimum atomic E-state index is -1.04. The third-order valence-corrected chi connectivity index (χ3v) is 5.45. The van der Waals surface area contributed by atoms with Gasteiger partial charge < -0.3 is 18.8 Å². The number of methoxy groups -OCH3 is 2. The van der Waals surface area contributed by atoms with Gasteiger partial charge in [0, 0.05) is 28.4 Å². The molecule has 0 radical (unpaired) electrons. The maximum absolute atomic E-state index is 13.0. The topological polar surface area (TPSA) is 83.8 Å². The lowest BCUT2D eigenvalue weighted by Gasteiger charge is -2.11. The van der Waals surface area contributed by atoms with E-state index in [4.69, 9.17) is 37.4 Å². The highest BCUT2D eigenvalue weighted by Gasteiger charge is 2.26. The first kappa shape index (κ1) is 23.6. The summed E-state index contributed by atoms with van der Waals surface area (Å²) in [6.07, 6.45) is 0.984. The van der Waals surface area contributed by atoms with Crippen LogP contribution >= 0.6 is 23.2 Å². The standard InChI is InChI=1S/C23H21Cl2NO6/c1-4-32-23(29)19(28)10-18(27)15-12-26(11-13-5-6-14(24)9-16(13)25)17-7-8-20(30-2)22(31-3)21(15)17/h5-9,12H,4,10-11H2,1-3H3. The zero-order valence-electron chi connectivity index (χ0n) is 17.7. The fraction of sp³-hybridized carbons (Fsp3) is 0.261. The Bertz CT molecular complexity index is 1200. The van der Waals surface area contributed by atoms with E-state index in [0.29, 0.717) is 39.0 Å². The fourth-order valence-electron chi connectivity index (χ4n) is 3.41. The van der Waals surface area contributed by atoms with Gasteiger partial charge in [0.25, 0.3) is 0 Å². The predicted molar refractivity (Wildman–Crippen MR) is 121 cm³/mol. The molecule has 1 heterocycles. The van der Waals surface area contributed by atoms with E-state index < -0.39 is 24.0 Å². The Hall–Kier alpha value is -3.03. The molecular weight excluding hydrogens is 457 g/mol. The molecule has 0 saturated heterocycles. The Labute approximate surface area is 194 Å². The quantitative estimate of drug-likeness (QED) is 0.192. The zero-order valence-corrected chi connectivity index (χ0v) is 19.2. The molecule has 0 saturated carbocycles. The molecule has 32 heavy (non-hydrogen) atoms. The van der Waals surface area contributed by atoms with E-state index in [9.17, 15) is 14.4 Å². The van der Waals surface area contributed by atoms with Crippen molar-refractivity contribution in [3.8, 4) is 11.5 Å². The molecule has 0 amide bonds. The molecule has 0 atom stereocenters. The molecule has 0 bridgehead atoms. The summed E-state index contributed by atoms with van der Waals surface area (Å²) in [5.41, 5.74) is 1.67. The van der Waals surface area contributed by atoms with Crippen LogP contribution in [-0.2, 0) is 20.9 Å². The van der Waals surface area contributed by atoms with Gasteiger partial charge in [0.05, 0.1) is 38.2 Å². The average molecular weight is 478 g/mol. The summed E-state index contributed by atoms with van der Waals surface area (Å²) in [5, 5.41) is 1.46. The van der Waals surface area contributed by atoms with E-state index in [0.717, 1.165) is 5.56 Å². The maximum atomic E-state index is 13.0. The van der Waals surface area contributed by atoms with E-state index in [2.05, 4.69) is 0 Å². The number of aromatic nitrogens is 1. The van der Waals surface area contributed by atoms with Crippen molar-refractivity contribution in [3.05, 3.63) is 57.7 Å². The average Bonchev–Trinajstić information content (AvgIpc) is 3.13. The predicted octanol–water partition coefficient (Wildman–Crippen LogP) is 4.72. The van der Waals surface area contributed by atoms with Crippen molar-refractivity contribution in [1.82, 2.24) is 4.57 Å². The number of carbonyl (C=O) groups excluding carboxylic acids is 3. The minimum absolute atomic E-state index is 0.0466. The smallest absolute Gasteiger partial charge is 0.375 e. The van der Waals surface area contributed by atoms with Crippen molar-refractivity contribution >= 4 is 51.6 Å². The summed E-state index contributed by atoms with van der Waals surface area (Å²) in [7, 11) is 2.95. The number of ketones is 2. The molecule has 0 aliphatic rings. The van der Waals surface area contributed by atoms with E-state index in [1.54, 1.807) is 43.5 Å². The lowest BCUT2D eigenvalue weighted by atomic mass is 10.0. The lowest BCUT2D eigenvalue weighted by molar-refractivity contribution is -0.153. The first-order valence-corrected chi connectivity index (χ1v) is 10.5. The Balaban J connectivity index is 2.11. The van der Waals surface area contributed by atoms with Crippen LogP contribution in [0.1, 0.15) is 29.3 Å². The summed E-state index contributed by atoms with van der Waals surface area (Å²) in [6.45, 7) is 1.96. The number of benzene rings is 2. The number of carbonyl (C=O) groups is 3. The van der Waals surface area contributed by atoms with Crippen molar-refractivity contribution in [1.29, 1.82) is 0 Å². The van der Waals surface area contributed by atoms with E-state index in [-0.39, 0.29) is 12.2 Å². The van der Waals surface area contributed by atoms with Gasteiger partial charge in [-0.15, -0.1) is 0 Å². The lowest BCUT2D eigenvalue weighted by Crippen LogP contribution is -2.20.